The zero-order valence-electron chi connectivity index (χ0n) is 21.2. The van der Waals surface area contributed by atoms with Crippen molar-refractivity contribution in [3.63, 3.8) is 0 Å². The molecular weight excluding hydrogens is 528 g/mol. The first-order valence-corrected chi connectivity index (χ1v) is 15.8. The maximum Gasteiger partial charge on any atom is 2.00 e. The number of hydrogen-bond acceptors (Lipinski definition) is 0. The van der Waals surface area contributed by atoms with Crippen LogP contribution in [0.1, 0.15) is 107 Å². The summed E-state index contributed by atoms with van der Waals surface area (Å²) in [5.74, 6) is 0. The molecular formula is C33H41PRu+2. The van der Waals surface area contributed by atoms with Gasteiger partial charge in [-0.15, -0.1) is 0 Å². The van der Waals surface area contributed by atoms with Gasteiger partial charge in [-0.05, 0) is 90.2 Å². The molecule has 2 aromatic rings. The predicted molar refractivity (Wildman–Crippen MR) is 151 cm³/mol. The molecule has 0 N–H and O–H groups in total. The summed E-state index contributed by atoms with van der Waals surface area (Å²) in [6.07, 6.45) is 23.2. The Morgan fingerprint density at radius 2 is 1.20 bits per heavy atom. The summed E-state index contributed by atoms with van der Waals surface area (Å²) in [7, 11) is 0.0671. The molecule has 4 aliphatic carbocycles. The van der Waals surface area contributed by atoms with Gasteiger partial charge in [0.25, 0.3) is 0 Å². The molecule has 1 atom stereocenters. The average molecular weight is 570 g/mol. The molecule has 3 fully saturated rings. The van der Waals surface area contributed by atoms with Crippen LogP contribution in [0.2, 0.25) is 0 Å². The minimum atomic E-state index is 0. The molecule has 1 unspecified atom stereocenters. The van der Waals surface area contributed by atoms with E-state index in [1.807, 2.05) is 5.57 Å². The van der Waals surface area contributed by atoms with Crippen LogP contribution in [0.15, 0.2) is 60.2 Å². The topological polar surface area (TPSA) is 0 Å². The quantitative estimate of drug-likeness (QED) is 0.254. The van der Waals surface area contributed by atoms with Gasteiger partial charge in [0.2, 0.25) is 0 Å². The van der Waals surface area contributed by atoms with Gasteiger partial charge in [0.15, 0.2) is 0 Å². The van der Waals surface area contributed by atoms with Crippen LogP contribution in [0.4, 0.5) is 0 Å². The first-order valence-electron chi connectivity index (χ1n) is 14.3. The third-order valence-corrected chi connectivity index (χ3v) is 13.1. The zero-order valence-corrected chi connectivity index (χ0v) is 23.8. The molecule has 2 heteroatoms. The van der Waals surface area contributed by atoms with Gasteiger partial charge in [-0.3, -0.25) is 0 Å². The summed E-state index contributed by atoms with van der Waals surface area (Å²) in [6.45, 7) is 0. The molecule has 0 saturated heterocycles. The molecule has 0 aromatic heterocycles. The summed E-state index contributed by atoms with van der Waals surface area (Å²) >= 11 is 0. The first kappa shape index (κ1) is 25.6. The molecule has 3 saturated carbocycles. The van der Waals surface area contributed by atoms with Crippen LogP contribution in [-0.4, -0.2) is 17.0 Å². The molecule has 0 heterocycles. The normalized spacial score (nSPS) is 25.7. The van der Waals surface area contributed by atoms with Gasteiger partial charge in [0.1, 0.15) is 0 Å². The van der Waals surface area contributed by atoms with E-state index in [4.69, 9.17) is 0 Å². The third kappa shape index (κ3) is 5.34. The Labute approximate surface area is 227 Å². The molecule has 0 amide bonds. The fourth-order valence-electron chi connectivity index (χ4n) is 7.59. The molecule has 2 aromatic carbocycles. The van der Waals surface area contributed by atoms with Gasteiger partial charge in [0.05, 0.1) is 0 Å². The van der Waals surface area contributed by atoms with Gasteiger partial charge < -0.3 is 0 Å². The Bertz CT molecular complexity index is 1020. The van der Waals surface area contributed by atoms with Crippen molar-refractivity contribution in [2.24, 2.45) is 0 Å². The van der Waals surface area contributed by atoms with Crippen LogP contribution in [0.5, 0.6) is 0 Å². The van der Waals surface area contributed by atoms with Crippen molar-refractivity contribution in [1.82, 2.24) is 0 Å². The van der Waals surface area contributed by atoms with Crippen LogP contribution < -0.4 is 0 Å². The summed E-state index contributed by atoms with van der Waals surface area (Å²) in [6, 6.07) is 20.5. The van der Waals surface area contributed by atoms with E-state index < -0.39 is 0 Å². The van der Waals surface area contributed by atoms with Crippen LogP contribution in [-0.2, 0) is 19.5 Å². The fourth-order valence-corrected chi connectivity index (χ4v) is 12.2. The molecule has 0 radical (unpaired) electrons. The van der Waals surface area contributed by atoms with E-state index in [0.29, 0.717) is 0 Å². The van der Waals surface area contributed by atoms with E-state index in [9.17, 15) is 0 Å². The standard InChI is InChI=1S/C33H41P.Ru/c1-4-14-25(15-5-1)31-24-26-16-10-11-21-29(26)33(31)30-22-12-13-23-32(30)34(27-17-6-2-7-18-27)28-19-8-3-9-20-28;/h1,4-5,10-11,14-16,21,24,27-28,32H,2-3,6-9,12-13,17-20,22-23H2;/q;+2. The van der Waals surface area contributed by atoms with E-state index in [2.05, 4.69) is 60.7 Å². The summed E-state index contributed by atoms with van der Waals surface area (Å²) in [5.41, 5.74) is 12.3. The van der Waals surface area contributed by atoms with Gasteiger partial charge >= 0.3 is 19.5 Å². The van der Waals surface area contributed by atoms with E-state index in [0.717, 1.165) is 17.0 Å². The van der Waals surface area contributed by atoms with Crippen LogP contribution in [0, 0.1) is 0 Å². The Hall–Kier alpha value is -1.03. The van der Waals surface area contributed by atoms with Gasteiger partial charge in [-0.1, -0.05) is 113 Å². The maximum atomic E-state index is 2.50. The number of hydrogen-bond donors (Lipinski definition) is 0. The maximum absolute atomic E-state index is 2.50. The fraction of sp³-hybridized carbons (Fsp3) is 0.515. The Morgan fingerprint density at radius 1 is 0.600 bits per heavy atom. The van der Waals surface area contributed by atoms with Crippen molar-refractivity contribution >= 4 is 25.1 Å². The number of rotatable bonds is 4. The zero-order chi connectivity index (χ0) is 22.7. The first-order chi connectivity index (χ1) is 16.9. The largest absolute Gasteiger partial charge is 2.00 e. The van der Waals surface area contributed by atoms with E-state index >= 15 is 0 Å². The van der Waals surface area contributed by atoms with Gasteiger partial charge in [-0.25, -0.2) is 0 Å². The monoisotopic (exact) mass is 570 g/mol. The minimum Gasteiger partial charge on any atom is -0.0930 e. The van der Waals surface area contributed by atoms with E-state index in [1.165, 1.54) is 112 Å². The van der Waals surface area contributed by atoms with Gasteiger partial charge in [0, 0.05) is 5.66 Å². The molecule has 35 heavy (non-hydrogen) atoms. The van der Waals surface area contributed by atoms with E-state index in [1.54, 1.807) is 5.57 Å². The van der Waals surface area contributed by atoms with Crippen LogP contribution >= 0.6 is 7.92 Å². The van der Waals surface area contributed by atoms with Crippen LogP contribution in [0.25, 0.3) is 17.2 Å². The average Bonchev–Trinajstić information content (AvgIpc) is 3.31. The SMILES string of the molecule is C1=C(c2ccccc2)C(=C2CCCCC2P(C2CCCCC2)C2CCCCC2)c2ccccc21.[Ru+2]. The molecule has 0 spiro atoms. The molecule has 0 nitrogen and oxygen atoms in total. The molecule has 0 aliphatic heterocycles. The van der Waals surface area contributed by atoms with Gasteiger partial charge in [-0.2, -0.15) is 0 Å². The predicted octanol–water partition coefficient (Wildman–Crippen LogP) is 10.1. The van der Waals surface area contributed by atoms with Crippen molar-refractivity contribution in [1.29, 1.82) is 0 Å². The second-order valence-electron chi connectivity index (χ2n) is 11.2. The number of benzene rings is 2. The molecule has 6 rings (SSSR count). The smallest absolute Gasteiger partial charge is 0.0930 e. The van der Waals surface area contributed by atoms with Crippen molar-refractivity contribution in [2.75, 3.05) is 0 Å². The minimum absolute atomic E-state index is 0. The Balaban J connectivity index is 0.00000253. The number of fused-ring (bicyclic) bond motifs is 1. The second kappa shape index (κ2) is 12.0. The Kier molecular flexibility index (Phi) is 8.79. The summed E-state index contributed by atoms with van der Waals surface area (Å²) in [4.78, 5) is 0. The molecule has 0 bridgehead atoms. The van der Waals surface area contributed by atoms with Crippen molar-refractivity contribution in [3.05, 3.63) is 76.9 Å². The van der Waals surface area contributed by atoms with Crippen molar-refractivity contribution in [2.45, 2.75) is 107 Å². The van der Waals surface area contributed by atoms with E-state index in [-0.39, 0.29) is 27.4 Å². The van der Waals surface area contributed by atoms with Crippen LogP contribution in [0.3, 0.4) is 0 Å². The third-order valence-electron chi connectivity index (χ3n) is 9.13. The van der Waals surface area contributed by atoms with Crippen molar-refractivity contribution in [3.8, 4) is 0 Å². The second-order valence-corrected chi connectivity index (χ2v) is 14.2. The van der Waals surface area contributed by atoms with Crippen molar-refractivity contribution < 1.29 is 19.5 Å². The Morgan fingerprint density at radius 3 is 1.89 bits per heavy atom. The number of allylic oxidation sites excluding steroid dienone is 3. The summed E-state index contributed by atoms with van der Waals surface area (Å²) < 4.78 is 0. The molecule has 4 aliphatic rings. The molecule has 184 valence electrons. The summed E-state index contributed by atoms with van der Waals surface area (Å²) in [5, 5.41) is 0.